The Balaban J connectivity index is 1.36. The number of benzene rings is 3. The standard InChI is InChI=1S/C36H38N6O4/c1-23(43)39-21-24-18-25(36(2,3)4)19-31(34(24)45-5)42-35(44)41-30-13-14-32(29-12-7-6-11-28(29)30)46-27-15-17-38-33(20-27)40-22-26-10-8-9-16-37-26/h6-20H,21-22H2,1-5H3,(H,38,40)(H,39,43)(H2,41,42,44). The number of carbonyl (C=O) groups is 2. The quantitative estimate of drug-likeness (QED) is 0.127. The maximum Gasteiger partial charge on any atom is 0.323 e. The summed E-state index contributed by atoms with van der Waals surface area (Å²) in [7, 11) is 1.54. The first-order chi connectivity index (χ1) is 22.1. The van der Waals surface area contributed by atoms with Crippen molar-refractivity contribution >= 4 is 39.9 Å². The second-order valence-corrected chi connectivity index (χ2v) is 11.8. The van der Waals surface area contributed by atoms with Crippen molar-refractivity contribution in [2.75, 3.05) is 23.1 Å². The van der Waals surface area contributed by atoms with Crippen LogP contribution in [-0.4, -0.2) is 29.0 Å². The molecule has 0 radical (unpaired) electrons. The molecule has 236 valence electrons. The molecule has 5 rings (SSSR count). The summed E-state index contributed by atoms with van der Waals surface area (Å²) in [5.74, 6) is 2.23. The van der Waals surface area contributed by atoms with Crippen molar-refractivity contribution in [3.8, 4) is 17.2 Å². The molecule has 3 aromatic carbocycles. The lowest BCUT2D eigenvalue weighted by molar-refractivity contribution is -0.119. The number of hydrogen-bond donors (Lipinski definition) is 4. The number of amides is 3. The molecule has 2 heterocycles. The number of nitrogens with one attached hydrogen (secondary N) is 4. The van der Waals surface area contributed by atoms with Crippen LogP contribution in [0.25, 0.3) is 10.8 Å². The Labute approximate surface area is 268 Å². The average Bonchev–Trinajstić information content (AvgIpc) is 3.04. The summed E-state index contributed by atoms with van der Waals surface area (Å²) in [6.45, 7) is 8.52. The van der Waals surface area contributed by atoms with E-state index in [2.05, 4.69) is 52.0 Å². The van der Waals surface area contributed by atoms with Gasteiger partial charge < -0.3 is 30.7 Å². The van der Waals surface area contributed by atoms with Crippen LogP contribution in [0.1, 0.15) is 44.5 Å². The minimum Gasteiger partial charge on any atom is -0.494 e. The molecule has 2 aromatic heterocycles. The summed E-state index contributed by atoms with van der Waals surface area (Å²) in [6.07, 6.45) is 3.44. The lowest BCUT2D eigenvalue weighted by atomic mass is 9.85. The van der Waals surface area contributed by atoms with E-state index < -0.39 is 6.03 Å². The van der Waals surface area contributed by atoms with Crippen LogP contribution < -0.4 is 30.7 Å². The number of methoxy groups -OCH3 is 1. The Morgan fingerprint density at radius 1 is 0.804 bits per heavy atom. The molecule has 0 aliphatic rings. The van der Waals surface area contributed by atoms with Crippen LogP contribution in [0.4, 0.5) is 22.0 Å². The van der Waals surface area contributed by atoms with Gasteiger partial charge in [-0.3, -0.25) is 9.78 Å². The minimum absolute atomic E-state index is 0.156. The number of urea groups is 1. The van der Waals surface area contributed by atoms with Gasteiger partial charge in [0, 0.05) is 48.3 Å². The topological polar surface area (TPSA) is 127 Å². The molecule has 0 saturated carbocycles. The van der Waals surface area contributed by atoms with Crippen molar-refractivity contribution < 1.29 is 19.1 Å². The van der Waals surface area contributed by atoms with Crippen molar-refractivity contribution in [3.05, 3.63) is 108 Å². The van der Waals surface area contributed by atoms with Gasteiger partial charge in [0.1, 0.15) is 23.1 Å². The third-order valence-corrected chi connectivity index (χ3v) is 7.28. The van der Waals surface area contributed by atoms with Crippen LogP contribution in [0.3, 0.4) is 0 Å². The monoisotopic (exact) mass is 618 g/mol. The van der Waals surface area contributed by atoms with Crippen LogP contribution in [-0.2, 0) is 23.3 Å². The van der Waals surface area contributed by atoms with Crippen LogP contribution in [0, 0.1) is 0 Å². The first-order valence-electron chi connectivity index (χ1n) is 14.9. The highest BCUT2D eigenvalue weighted by Crippen LogP contribution is 2.37. The van der Waals surface area contributed by atoms with Gasteiger partial charge in [0.2, 0.25) is 5.91 Å². The van der Waals surface area contributed by atoms with Gasteiger partial charge in [-0.2, -0.15) is 0 Å². The molecule has 10 nitrogen and oxygen atoms in total. The highest BCUT2D eigenvalue weighted by Gasteiger charge is 2.21. The predicted octanol–water partition coefficient (Wildman–Crippen LogP) is 7.62. The van der Waals surface area contributed by atoms with Crippen molar-refractivity contribution in [1.82, 2.24) is 15.3 Å². The molecule has 10 heteroatoms. The van der Waals surface area contributed by atoms with Crippen molar-refractivity contribution in [2.24, 2.45) is 0 Å². The molecule has 3 amide bonds. The minimum atomic E-state index is -0.439. The fraction of sp³-hybridized carbons (Fsp3) is 0.222. The number of ether oxygens (including phenoxy) is 2. The number of rotatable bonds is 10. The van der Waals surface area contributed by atoms with E-state index in [0.29, 0.717) is 41.0 Å². The van der Waals surface area contributed by atoms with E-state index in [1.165, 1.54) is 6.92 Å². The van der Waals surface area contributed by atoms with Gasteiger partial charge in [0.05, 0.1) is 30.7 Å². The molecule has 0 atom stereocenters. The second-order valence-electron chi connectivity index (χ2n) is 11.8. The zero-order chi connectivity index (χ0) is 32.7. The fourth-order valence-electron chi connectivity index (χ4n) is 4.93. The van der Waals surface area contributed by atoms with Crippen LogP contribution >= 0.6 is 0 Å². The van der Waals surface area contributed by atoms with E-state index in [1.807, 2.05) is 72.8 Å². The lowest BCUT2D eigenvalue weighted by Gasteiger charge is -2.24. The van der Waals surface area contributed by atoms with E-state index >= 15 is 0 Å². The third-order valence-electron chi connectivity index (χ3n) is 7.28. The largest absolute Gasteiger partial charge is 0.494 e. The van der Waals surface area contributed by atoms with Crippen LogP contribution in [0.2, 0.25) is 0 Å². The van der Waals surface area contributed by atoms with E-state index in [1.54, 1.807) is 25.6 Å². The number of anilines is 3. The summed E-state index contributed by atoms with van der Waals surface area (Å²) in [5, 5.41) is 13.7. The maximum atomic E-state index is 13.4. The van der Waals surface area contributed by atoms with Crippen LogP contribution in [0.15, 0.2) is 91.3 Å². The zero-order valence-electron chi connectivity index (χ0n) is 26.6. The molecule has 4 N–H and O–H groups in total. The van der Waals surface area contributed by atoms with Gasteiger partial charge in [-0.1, -0.05) is 51.1 Å². The molecule has 5 aromatic rings. The molecule has 0 aliphatic carbocycles. The van der Waals surface area contributed by atoms with E-state index in [9.17, 15) is 9.59 Å². The highest BCUT2D eigenvalue weighted by atomic mass is 16.5. The molecule has 46 heavy (non-hydrogen) atoms. The molecule has 0 bridgehead atoms. The lowest BCUT2D eigenvalue weighted by Crippen LogP contribution is -2.23. The second kappa shape index (κ2) is 14.0. The number of carbonyl (C=O) groups excluding carboxylic acids is 2. The molecular formula is C36H38N6O4. The highest BCUT2D eigenvalue weighted by molar-refractivity contribution is 6.08. The number of fused-ring (bicyclic) bond motifs is 1. The number of hydrogen-bond acceptors (Lipinski definition) is 7. The smallest absolute Gasteiger partial charge is 0.323 e. The fourth-order valence-corrected chi connectivity index (χ4v) is 4.93. The van der Waals surface area contributed by atoms with Gasteiger partial charge >= 0.3 is 6.03 Å². The van der Waals surface area contributed by atoms with Gasteiger partial charge in [0.15, 0.2) is 0 Å². The number of pyridine rings is 2. The number of nitrogens with zero attached hydrogens (tertiary/aromatic N) is 2. The first kappa shape index (κ1) is 31.8. The molecule has 0 fully saturated rings. The summed E-state index contributed by atoms with van der Waals surface area (Å²) in [5.41, 5.74) is 3.56. The van der Waals surface area contributed by atoms with E-state index in [4.69, 9.17) is 9.47 Å². The summed E-state index contributed by atoms with van der Waals surface area (Å²) in [4.78, 5) is 33.8. The average molecular weight is 619 g/mol. The Bertz CT molecular complexity index is 1850. The zero-order valence-corrected chi connectivity index (χ0v) is 26.6. The molecule has 0 spiro atoms. The first-order valence-corrected chi connectivity index (χ1v) is 14.9. The summed E-state index contributed by atoms with van der Waals surface area (Å²) < 4.78 is 12.0. The van der Waals surface area contributed by atoms with E-state index in [0.717, 1.165) is 27.6 Å². The Kier molecular flexibility index (Phi) is 9.66. The van der Waals surface area contributed by atoms with Crippen molar-refractivity contribution in [3.63, 3.8) is 0 Å². The molecule has 0 aliphatic heterocycles. The van der Waals surface area contributed by atoms with Crippen molar-refractivity contribution in [1.29, 1.82) is 0 Å². The molecule has 0 saturated heterocycles. The van der Waals surface area contributed by atoms with Gasteiger partial charge in [-0.15, -0.1) is 0 Å². The van der Waals surface area contributed by atoms with Gasteiger partial charge in [-0.05, 0) is 53.4 Å². The van der Waals surface area contributed by atoms with Gasteiger partial charge in [0.25, 0.3) is 0 Å². The van der Waals surface area contributed by atoms with Crippen LogP contribution in [0.5, 0.6) is 17.2 Å². The molecular weight excluding hydrogens is 580 g/mol. The third kappa shape index (κ3) is 7.89. The normalized spacial score (nSPS) is 11.1. The predicted molar refractivity (Wildman–Crippen MR) is 182 cm³/mol. The number of aromatic nitrogens is 2. The SMILES string of the molecule is COc1c(CNC(C)=O)cc(C(C)(C)C)cc1NC(=O)Nc1ccc(Oc2ccnc(NCc3ccccn3)c2)c2ccccc12. The maximum absolute atomic E-state index is 13.4. The van der Waals surface area contributed by atoms with E-state index in [-0.39, 0.29) is 17.9 Å². The van der Waals surface area contributed by atoms with Crippen molar-refractivity contribution in [2.45, 2.75) is 46.2 Å². The summed E-state index contributed by atoms with van der Waals surface area (Å²) >= 11 is 0. The Morgan fingerprint density at radius 2 is 1.57 bits per heavy atom. The Hall–Kier alpha value is -5.64. The summed E-state index contributed by atoms with van der Waals surface area (Å²) in [6, 6.07) is 24.2. The van der Waals surface area contributed by atoms with Gasteiger partial charge in [-0.25, -0.2) is 9.78 Å². The molecule has 0 unspecified atom stereocenters. The Morgan fingerprint density at radius 3 is 2.28 bits per heavy atom.